The first kappa shape index (κ1) is 20.7. The van der Waals surface area contributed by atoms with Gasteiger partial charge in [0, 0.05) is 29.8 Å². The van der Waals surface area contributed by atoms with Crippen LogP contribution in [0.4, 0.5) is 11.4 Å². The first-order valence-electron chi connectivity index (χ1n) is 9.55. The van der Waals surface area contributed by atoms with Crippen LogP contribution >= 0.6 is 0 Å². The second-order valence-electron chi connectivity index (χ2n) is 7.13. The molecule has 0 bridgehead atoms. The zero-order valence-electron chi connectivity index (χ0n) is 17.6. The molecule has 31 heavy (non-hydrogen) atoms. The Kier molecular flexibility index (Phi) is 5.10. The average molecular weight is 439 g/mol. The van der Waals surface area contributed by atoms with Crippen molar-refractivity contribution in [1.82, 2.24) is 0 Å². The number of hydrogen-bond donors (Lipinski definition) is 1. The molecule has 0 fully saturated rings. The molecule has 1 N–H and O–H groups in total. The van der Waals surface area contributed by atoms with Crippen LogP contribution in [0.5, 0.6) is 11.5 Å². The summed E-state index contributed by atoms with van der Waals surface area (Å²) in [5.74, 6) is 0.156. The lowest BCUT2D eigenvalue weighted by atomic mass is 10.0. The van der Waals surface area contributed by atoms with Crippen LogP contribution in [0.15, 0.2) is 59.5 Å². The number of fused-ring (bicyclic) bond motifs is 2. The van der Waals surface area contributed by atoms with Crippen molar-refractivity contribution in [3.8, 4) is 11.5 Å². The van der Waals surface area contributed by atoms with Gasteiger partial charge in [-0.15, -0.1) is 0 Å². The fourth-order valence-corrected chi connectivity index (χ4v) is 5.28. The summed E-state index contributed by atoms with van der Waals surface area (Å²) in [6.45, 7) is 1.62. The van der Waals surface area contributed by atoms with Crippen molar-refractivity contribution < 1.29 is 22.7 Å². The number of nitrogens with one attached hydrogen (secondary N) is 1. The Balaban J connectivity index is 1.85. The Morgan fingerprint density at radius 3 is 2.32 bits per heavy atom. The molecule has 0 aromatic heterocycles. The molecule has 3 aromatic rings. The predicted octanol–water partition coefficient (Wildman–Crippen LogP) is 4.01. The van der Waals surface area contributed by atoms with Crippen molar-refractivity contribution >= 4 is 43.7 Å². The number of hydrogen-bond acceptors (Lipinski definition) is 5. The molecular weight excluding hydrogens is 416 g/mol. The first-order valence-corrected chi connectivity index (χ1v) is 11.0. The second kappa shape index (κ2) is 7.63. The van der Waals surface area contributed by atoms with E-state index in [1.165, 1.54) is 21.3 Å². The third kappa shape index (κ3) is 3.29. The summed E-state index contributed by atoms with van der Waals surface area (Å²) in [5, 5.41) is 4.55. The number of rotatable bonds is 4. The minimum absolute atomic E-state index is 0.303. The second-order valence-corrected chi connectivity index (χ2v) is 9.04. The first-order chi connectivity index (χ1) is 14.8. The van der Waals surface area contributed by atoms with Crippen molar-refractivity contribution in [3.63, 3.8) is 0 Å². The van der Waals surface area contributed by atoms with Gasteiger partial charge in [0.25, 0.3) is 15.9 Å². The minimum atomic E-state index is -4.08. The Bertz CT molecular complexity index is 1340. The van der Waals surface area contributed by atoms with Crippen molar-refractivity contribution in [3.05, 3.63) is 65.1 Å². The standard InChI is InChI=1S/C23H22N2O5S/c1-14-17-12-20(29-3)21(30-4)13-19(17)25(2)31(27,28)22(14)23(26)24-18-11-7-9-15-8-5-6-10-16(15)18/h5-13H,1-4H3,(H,24,26). The zero-order valence-corrected chi connectivity index (χ0v) is 18.4. The summed E-state index contributed by atoms with van der Waals surface area (Å²) in [7, 11) is 0.317. The maximum Gasteiger partial charge on any atom is 0.269 e. The van der Waals surface area contributed by atoms with Crippen LogP contribution in [0.1, 0.15) is 12.5 Å². The fraction of sp³-hybridized carbons (Fsp3) is 0.174. The molecule has 1 amide bonds. The third-order valence-corrected chi connectivity index (χ3v) is 7.37. The lowest BCUT2D eigenvalue weighted by Crippen LogP contribution is -2.36. The minimum Gasteiger partial charge on any atom is -0.493 e. The van der Waals surface area contributed by atoms with E-state index in [1.54, 1.807) is 25.1 Å². The van der Waals surface area contributed by atoms with E-state index in [0.717, 1.165) is 15.1 Å². The van der Waals surface area contributed by atoms with Gasteiger partial charge in [-0.05, 0) is 30.0 Å². The molecule has 0 spiro atoms. The molecule has 0 aliphatic carbocycles. The summed E-state index contributed by atoms with van der Waals surface area (Å²) in [6.07, 6.45) is 0. The van der Waals surface area contributed by atoms with E-state index >= 15 is 0 Å². The van der Waals surface area contributed by atoms with Crippen LogP contribution < -0.4 is 19.1 Å². The number of allylic oxidation sites excluding steroid dienone is 1. The molecule has 0 saturated heterocycles. The molecule has 160 valence electrons. The van der Waals surface area contributed by atoms with Crippen molar-refractivity contribution in [2.75, 3.05) is 30.9 Å². The van der Waals surface area contributed by atoms with E-state index in [-0.39, 0.29) is 4.91 Å². The normalized spacial score (nSPS) is 14.9. The zero-order chi connectivity index (χ0) is 22.3. The molecule has 8 heteroatoms. The molecule has 0 saturated carbocycles. The number of sulfonamides is 1. The maximum absolute atomic E-state index is 13.3. The topological polar surface area (TPSA) is 84.9 Å². The number of nitrogens with zero attached hydrogens (tertiary/aromatic N) is 1. The number of carbonyl (C=O) groups excluding carboxylic acids is 1. The van der Waals surface area contributed by atoms with Crippen LogP contribution in [-0.2, 0) is 14.8 Å². The largest absolute Gasteiger partial charge is 0.493 e. The highest BCUT2D eigenvalue weighted by Gasteiger charge is 2.38. The van der Waals surface area contributed by atoms with Crippen LogP contribution in [0.25, 0.3) is 16.3 Å². The quantitative estimate of drug-likeness (QED) is 0.665. The average Bonchev–Trinajstić information content (AvgIpc) is 2.77. The molecule has 0 unspecified atom stereocenters. The van der Waals surface area contributed by atoms with Gasteiger partial charge in [0.15, 0.2) is 16.4 Å². The van der Waals surface area contributed by atoms with Gasteiger partial charge in [-0.2, -0.15) is 0 Å². The Morgan fingerprint density at radius 1 is 0.968 bits per heavy atom. The summed E-state index contributed by atoms with van der Waals surface area (Å²) in [5.41, 5.74) is 1.88. The number of carbonyl (C=O) groups is 1. The number of methoxy groups -OCH3 is 2. The summed E-state index contributed by atoms with van der Waals surface area (Å²) in [4.78, 5) is 12.9. The van der Waals surface area contributed by atoms with Gasteiger partial charge in [-0.1, -0.05) is 36.4 Å². The van der Waals surface area contributed by atoms with Gasteiger partial charge in [0.1, 0.15) is 0 Å². The van der Waals surface area contributed by atoms with E-state index < -0.39 is 15.9 Å². The van der Waals surface area contributed by atoms with Crippen molar-refractivity contribution in [2.45, 2.75) is 6.92 Å². The van der Waals surface area contributed by atoms with E-state index in [0.29, 0.717) is 34.0 Å². The highest BCUT2D eigenvalue weighted by molar-refractivity contribution is 7.97. The third-order valence-electron chi connectivity index (χ3n) is 5.45. The molecule has 0 radical (unpaired) electrons. The van der Waals surface area contributed by atoms with E-state index in [2.05, 4.69) is 5.32 Å². The maximum atomic E-state index is 13.3. The molecule has 1 aliphatic heterocycles. The molecule has 0 atom stereocenters. The highest BCUT2D eigenvalue weighted by Crippen LogP contribution is 2.44. The van der Waals surface area contributed by atoms with Crippen LogP contribution in [0.2, 0.25) is 0 Å². The SMILES string of the molecule is COc1cc2c(cc1OC)N(C)S(=O)(=O)C(C(=O)Nc1cccc3ccccc13)=C2C. The number of ether oxygens (including phenoxy) is 2. The predicted molar refractivity (Wildman–Crippen MR) is 122 cm³/mol. The molecule has 4 rings (SSSR count). The summed E-state index contributed by atoms with van der Waals surface area (Å²) in [6, 6.07) is 16.3. The van der Waals surface area contributed by atoms with Gasteiger partial charge < -0.3 is 14.8 Å². The summed E-state index contributed by atoms with van der Waals surface area (Å²) >= 11 is 0. The molecular formula is C23H22N2O5S. The number of benzene rings is 3. The smallest absolute Gasteiger partial charge is 0.269 e. The van der Waals surface area contributed by atoms with Crippen LogP contribution in [0.3, 0.4) is 0 Å². The highest BCUT2D eigenvalue weighted by atomic mass is 32.2. The van der Waals surface area contributed by atoms with Crippen LogP contribution in [-0.4, -0.2) is 35.6 Å². The van der Waals surface area contributed by atoms with Gasteiger partial charge in [-0.3, -0.25) is 9.10 Å². The molecule has 1 heterocycles. The Hall–Kier alpha value is -3.52. The van der Waals surface area contributed by atoms with Gasteiger partial charge in [-0.25, -0.2) is 8.42 Å². The van der Waals surface area contributed by atoms with Gasteiger partial charge >= 0.3 is 0 Å². The Labute approximate surface area is 180 Å². The van der Waals surface area contributed by atoms with E-state index in [1.807, 2.05) is 36.4 Å². The van der Waals surface area contributed by atoms with Crippen LogP contribution in [0, 0.1) is 0 Å². The lowest BCUT2D eigenvalue weighted by Gasteiger charge is -2.30. The number of amides is 1. The van der Waals surface area contributed by atoms with Crippen molar-refractivity contribution in [2.24, 2.45) is 0 Å². The molecule has 1 aliphatic rings. The lowest BCUT2D eigenvalue weighted by molar-refractivity contribution is -0.112. The molecule has 7 nitrogen and oxygen atoms in total. The summed E-state index contributed by atoms with van der Waals surface area (Å²) < 4.78 is 38.3. The van der Waals surface area contributed by atoms with Crippen molar-refractivity contribution in [1.29, 1.82) is 0 Å². The number of anilines is 2. The van der Waals surface area contributed by atoms with Gasteiger partial charge in [0.05, 0.1) is 19.9 Å². The monoisotopic (exact) mass is 438 g/mol. The molecule has 3 aromatic carbocycles. The van der Waals surface area contributed by atoms with E-state index in [4.69, 9.17) is 9.47 Å². The Morgan fingerprint density at radius 2 is 1.61 bits per heavy atom. The van der Waals surface area contributed by atoms with Gasteiger partial charge in [0.2, 0.25) is 0 Å². The fourth-order valence-electron chi connectivity index (χ4n) is 3.81. The van der Waals surface area contributed by atoms with E-state index in [9.17, 15) is 13.2 Å².